The molecule has 1 aliphatic rings. The second-order valence-electron chi connectivity index (χ2n) is 10.4. The Bertz CT molecular complexity index is 1170. The Morgan fingerprint density at radius 3 is 2.46 bits per heavy atom. The zero-order valence-electron chi connectivity index (χ0n) is 25.5. The summed E-state index contributed by atoms with van der Waals surface area (Å²) in [4.78, 5) is 27.2. The molecule has 8 nitrogen and oxygen atoms in total. The van der Waals surface area contributed by atoms with Crippen LogP contribution in [0.3, 0.4) is 0 Å². The zero-order chi connectivity index (χ0) is 29.5. The smallest absolute Gasteiger partial charge is 0.244 e. The molecule has 1 saturated heterocycles. The average molecular weight is 561 g/mol. The van der Waals surface area contributed by atoms with Crippen molar-refractivity contribution < 1.29 is 9.53 Å². The number of ether oxygens (including phenoxy) is 1. The number of anilines is 1. The lowest BCUT2D eigenvalue weighted by Gasteiger charge is -2.37. The third-order valence-corrected chi connectivity index (χ3v) is 7.18. The summed E-state index contributed by atoms with van der Waals surface area (Å²) in [5, 5.41) is 6.76. The first-order valence-corrected chi connectivity index (χ1v) is 14.9. The number of allylic oxidation sites excluding steroid dienone is 2. The molecule has 0 radical (unpaired) electrons. The van der Waals surface area contributed by atoms with Crippen LogP contribution in [-0.4, -0.2) is 87.2 Å². The molecule has 2 N–H and O–H groups in total. The lowest BCUT2D eigenvalue weighted by atomic mass is 10.0. The van der Waals surface area contributed by atoms with Crippen LogP contribution in [-0.2, 0) is 16.1 Å². The minimum absolute atomic E-state index is 0.0522. The summed E-state index contributed by atoms with van der Waals surface area (Å²) < 4.78 is 6.08. The van der Waals surface area contributed by atoms with Gasteiger partial charge in [-0.25, -0.2) is 0 Å². The first-order valence-electron chi connectivity index (χ1n) is 14.9. The summed E-state index contributed by atoms with van der Waals surface area (Å²) in [5.74, 6) is 0.937. The Labute approximate surface area is 246 Å². The van der Waals surface area contributed by atoms with Gasteiger partial charge in [0.15, 0.2) is 0 Å². The molecule has 1 amide bonds. The van der Waals surface area contributed by atoms with Gasteiger partial charge in [-0.05, 0) is 50.1 Å². The van der Waals surface area contributed by atoms with E-state index >= 15 is 0 Å². The summed E-state index contributed by atoms with van der Waals surface area (Å²) in [6, 6.07) is 17.7. The maximum Gasteiger partial charge on any atom is 0.244 e. The van der Waals surface area contributed by atoms with Crippen LogP contribution < -0.4 is 10.6 Å². The number of carbonyl (C=O) groups excluding carboxylic acids is 1. The third-order valence-electron chi connectivity index (χ3n) is 7.18. The first kappa shape index (κ1) is 32.2. The molecular formula is C33H48N6O2. The van der Waals surface area contributed by atoms with E-state index in [4.69, 9.17) is 4.74 Å². The van der Waals surface area contributed by atoms with Crippen molar-refractivity contribution in [2.75, 3.05) is 58.7 Å². The minimum Gasteiger partial charge on any atom is -0.375 e. The molecular weight excluding hydrogens is 512 g/mol. The number of amidine groups is 1. The second kappa shape index (κ2) is 17.5. The molecule has 1 heterocycles. The molecule has 3 rings (SSSR count). The standard InChI is InChI=1S/C33H48N6O2/c1-6-13-32(35-8-3)37-30(7-2)29(23-34-4)27-16-12-17-28(22-27)36-33(40)31(39-20-18-38(5)19-21-39)25-41-24-26-14-10-9-11-15-26/h9-12,14-17,22-23,31H,6-8,13,18-21,24-25H2,1-5H3,(H,35,37)(H,36,40). The summed E-state index contributed by atoms with van der Waals surface area (Å²) in [6.45, 7) is 11.4. The fourth-order valence-corrected chi connectivity index (χ4v) is 4.92. The van der Waals surface area contributed by atoms with Gasteiger partial charge in [0, 0.05) is 69.4 Å². The van der Waals surface area contributed by atoms with Gasteiger partial charge in [-0.3, -0.25) is 19.7 Å². The van der Waals surface area contributed by atoms with Gasteiger partial charge in [0.25, 0.3) is 0 Å². The van der Waals surface area contributed by atoms with Crippen molar-refractivity contribution in [3.05, 3.63) is 71.4 Å². The zero-order valence-corrected chi connectivity index (χ0v) is 25.5. The van der Waals surface area contributed by atoms with E-state index in [1.165, 1.54) is 0 Å². The van der Waals surface area contributed by atoms with Crippen LogP contribution in [0.5, 0.6) is 0 Å². The molecule has 0 bridgehead atoms. The van der Waals surface area contributed by atoms with Crippen LogP contribution in [0.25, 0.3) is 5.57 Å². The number of benzene rings is 2. The number of nitrogens with zero attached hydrogens (tertiary/aromatic N) is 4. The van der Waals surface area contributed by atoms with Crippen molar-refractivity contribution in [3.63, 3.8) is 0 Å². The number of hydrogen-bond donors (Lipinski definition) is 2. The molecule has 222 valence electrons. The lowest BCUT2D eigenvalue weighted by Crippen LogP contribution is -2.54. The predicted octanol–water partition coefficient (Wildman–Crippen LogP) is 5.09. The van der Waals surface area contributed by atoms with E-state index in [1.807, 2.05) is 54.7 Å². The van der Waals surface area contributed by atoms with E-state index in [0.717, 1.165) is 85.9 Å². The van der Waals surface area contributed by atoms with Crippen LogP contribution in [0, 0.1) is 0 Å². The molecule has 41 heavy (non-hydrogen) atoms. The van der Waals surface area contributed by atoms with Crippen molar-refractivity contribution in [2.24, 2.45) is 9.98 Å². The Balaban J connectivity index is 1.81. The van der Waals surface area contributed by atoms with E-state index in [-0.39, 0.29) is 11.9 Å². The van der Waals surface area contributed by atoms with E-state index in [2.05, 4.69) is 64.3 Å². The van der Waals surface area contributed by atoms with Gasteiger partial charge in [-0.1, -0.05) is 56.3 Å². The Hall–Kier alpha value is -3.33. The molecule has 0 aromatic heterocycles. The van der Waals surface area contributed by atoms with Crippen LogP contribution in [0.2, 0.25) is 0 Å². The van der Waals surface area contributed by atoms with Crippen molar-refractivity contribution in [1.29, 1.82) is 0 Å². The lowest BCUT2D eigenvalue weighted by molar-refractivity contribution is -0.124. The van der Waals surface area contributed by atoms with Crippen LogP contribution >= 0.6 is 0 Å². The molecule has 1 fully saturated rings. The Kier molecular flexibility index (Phi) is 13.7. The SMILES string of the molecule is CCCC(=NCC)NC(CC)=C(C=NC)c1cccc(NC(=O)C(COCc2ccccc2)N2CCN(C)CC2)c1. The van der Waals surface area contributed by atoms with Gasteiger partial charge in [0.2, 0.25) is 5.91 Å². The molecule has 0 aliphatic carbocycles. The summed E-state index contributed by atoms with van der Waals surface area (Å²) in [6.07, 6.45) is 4.59. The Morgan fingerprint density at radius 1 is 1.05 bits per heavy atom. The summed E-state index contributed by atoms with van der Waals surface area (Å²) >= 11 is 0. The summed E-state index contributed by atoms with van der Waals surface area (Å²) in [5.41, 5.74) is 4.89. The predicted molar refractivity (Wildman–Crippen MR) is 172 cm³/mol. The van der Waals surface area contributed by atoms with Gasteiger partial charge in [-0.2, -0.15) is 0 Å². The molecule has 0 saturated carbocycles. The van der Waals surface area contributed by atoms with Crippen LogP contribution in [0.4, 0.5) is 5.69 Å². The summed E-state index contributed by atoms with van der Waals surface area (Å²) in [7, 11) is 3.90. The number of carbonyl (C=O) groups is 1. The minimum atomic E-state index is -0.377. The number of amides is 1. The highest BCUT2D eigenvalue weighted by atomic mass is 16.5. The van der Waals surface area contributed by atoms with Gasteiger partial charge < -0.3 is 20.3 Å². The van der Waals surface area contributed by atoms with Crippen molar-refractivity contribution >= 4 is 29.2 Å². The monoisotopic (exact) mass is 560 g/mol. The normalized spacial score (nSPS) is 16.5. The van der Waals surface area contributed by atoms with Crippen molar-refractivity contribution in [2.45, 2.75) is 52.7 Å². The highest BCUT2D eigenvalue weighted by Gasteiger charge is 2.29. The fraction of sp³-hybridized carbons (Fsp3) is 0.485. The molecule has 0 spiro atoms. The van der Waals surface area contributed by atoms with E-state index < -0.39 is 0 Å². The van der Waals surface area contributed by atoms with Crippen molar-refractivity contribution in [1.82, 2.24) is 15.1 Å². The number of piperazine rings is 1. The van der Waals surface area contributed by atoms with E-state index in [9.17, 15) is 4.79 Å². The number of hydrogen-bond acceptors (Lipinski definition) is 6. The fourth-order valence-electron chi connectivity index (χ4n) is 4.92. The molecule has 1 atom stereocenters. The highest BCUT2D eigenvalue weighted by Crippen LogP contribution is 2.22. The van der Waals surface area contributed by atoms with Crippen LogP contribution in [0.1, 0.15) is 51.2 Å². The largest absolute Gasteiger partial charge is 0.375 e. The maximum absolute atomic E-state index is 13.7. The molecule has 1 aliphatic heterocycles. The molecule has 1 unspecified atom stereocenters. The maximum atomic E-state index is 13.7. The molecule has 2 aromatic carbocycles. The second-order valence-corrected chi connectivity index (χ2v) is 10.4. The number of aliphatic imine (C=N–C) groups is 2. The number of nitrogens with one attached hydrogen (secondary N) is 2. The number of likely N-dealkylation sites (N-methyl/N-ethyl adjacent to an activating group) is 1. The third kappa shape index (κ3) is 10.2. The Morgan fingerprint density at radius 2 is 1.80 bits per heavy atom. The highest BCUT2D eigenvalue weighted by molar-refractivity contribution is 6.12. The van der Waals surface area contributed by atoms with Crippen LogP contribution in [0.15, 0.2) is 70.3 Å². The van der Waals surface area contributed by atoms with Gasteiger partial charge in [-0.15, -0.1) is 0 Å². The number of rotatable bonds is 14. The topological polar surface area (TPSA) is 81.6 Å². The quantitative estimate of drug-likeness (QED) is 0.249. The van der Waals surface area contributed by atoms with Gasteiger partial charge in [0.1, 0.15) is 11.9 Å². The first-order chi connectivity index (χ1) is 20.0. The molecule has 2 aromatic rings. The van der Waals surface area contributed by atoms with Gasteiger partial charge in [0.05, 0.1) is 13.2 Å². The average Bonchev–Trinajstić information content (AvgIpc) is 2.98. The van der Waals surface area contributed by atoms with Gasteiger partial charge >= 0.3 is 0 Å². The molecule has 8 heteroatoms. The van der Waals surface area contributed by atoms with E-state index in [1.54, 1.807) is 7.05 Å². The van der Waals surface area contributed by atoms with E-state index in [0.29, 0.717) is 13.2 Å². The van der Waals surface area contributed by atoms with Crippen molar-refractivity contribution in [3.8, 4) is 0 Å².